The Morgan fingerprint density at radius 3 is 2.57 bits per heavy atom. The Bertz CT molecular complexity index is 702. The van der Waals surface area contributed by atoms with E-state index in [4.69, 9.17) is 11.5 Å². The van der Waals surface area contributed by atoms with Crippen LogP contribution in [0.15, 0.2) is 52.8 Å². The fraction of sp³-hybridized carbons (Fsp3) is 0.143. The van der Waals surface area contributed by atoms with Gasteiger partial charge in [0, 0.05) is 12.7 Å². The zero-order valence-electron chi connectivity index (χ0n) is 11.9. The van der Waals surface area contributed by atoms with Gasteiger partial charge in [0.2, 0.25) is 5.96 Å². The van der Waals surface area contributed by atoms with Crippen molar-refractivity contribution in [3.63, 3.8) is 0 Å². The predicted octanol–water partition coefficient (Wildman–Crippen LogP) is 2.58. The van der Waals surface area contributed by atoms with Crippen LogP contribution >= 0.6 is 12.4 Å². The third-order valence-corrected chi connectivity index (χ3v) is 2.84. The second-order valence-corrected chi connectivity index (χ2v) is 4.53. The molecule has 0 amide bonds. The number of hydrogen-bond donors (Lipinski definition) is 2. The van der Waals surface area contributed by atoms with Crippen molar-refractivity contribution in [1.29, 1.82) is 0 Å². The molecule has 0 fully saturated rings. The van der Waals surface area contributed by atoms with Gasteiger partial charge in [0.1, 0.15) is 0 Å². The van der Waals surface area contributed by atoms with Crippen LogP contribution in [0, 0.1) is 0 Å². The molecule has 2 rings (SSSR count). The van der Waals surface area contributed by atoms with Gasteiger partial charge in [-0.15, -0.1) is 17.5 Å². The minimum Gasteiger partial charge on any atom is -0.369 e. The summed E-state index contributed by atoms with van der Waals surface area (Å²) in [7, 11) is 0. The van der Waals surface area contributed by atoms with Crippen LogP contribution in [0.1, 0.15) is 16.8 Å². The maximum Gasteiger partial charge on any atom is 0.416 e. The molecule has 1 heterocycles. The first-order chi connectivity index (χ1) is 10.4. The SMILES string of the molecule is Cl.NC(N)=NN=Cc1cccn1Cc1cccc(C(F)(F)F)c1. The van der Waals surface area contributed by atoms with Crippen molar-refractivity contribution in [3.8, 4) is 0 Å². The molecule has 0 radical (unpaired) electrons. The van der Waals surface area contributed by atoms with Gasteiger partial charge in [0.05, 0.1) is 17.5 Å². The molecule has 1 aromatic carbocycles. The van der Waals surface area contributed by atoms with Gasteiger partial charge in [0.25, 0.3) is 0 Å². The first-order valence-electron chi connectivity index (χ1n) is 6.29. The fourth-order valence-electron chi connectivity index (χ4n) is 1.89. The Kier molecular flexibility index (Phi) is 6.20. The monoisotopic (exact) mass is 345 g/mol. The fourth-order valence-corrected chi connectivity index (χ4v) is 1.89. The van der Waals surface area contributed by atoms with Gasteiger partial charge in [0.15, 0.2) is 0 Å². The van der Waals surface area contributed by atoms with Crippen molar-refractivity contribution in [2.45, 2.75) is 12.7 Å². The molecule has 4 N–H and O–H groups in total. The van der Waals surface area contributed by atoms with E-state index in [1.54, 1.807) is 29.0 Å². The molecular formula is C14H15ClF3N5. The maximum atomic E-state index is 12.7. The van der Waals surface area contributed by atoms with Crippen LogP contribution in [0.2, 0.25) is 0 Å². The Hall–Kier alpha value is -2.48. The standard InChI is InChI=1S/C14H14F3N5.ClH/c15-14(16,17)11-4-1-3-10(7-11)9-22-6-2-5-12(22)8-20-21-13(18)19;/h1-8H,9H2,(H4,18,19,21);1H. The molecule has 0 atom stereocenters. The van der Waals surface area contributed by atoms with Crippen molar-refractivity contribution in [1.82, 2.24) is 4.57 Å². The van der Waals surface area contributed by atoms with E-state index in [1.807, 2.05) is 0 Å². The number of nitrogens with two attached hydrogens (primary N) is 2. The lowest BCUT2D eigenvalue weighted by atomic mass is 10.1. The minimum atomic E-state index is -4.36. The molecule has 0 spiro atoms. The molecule has 0 unspecified atom stereocenters. The molecule has 124 valence electrons. The molecule has 0 bridgehead atoms. The summed E-state index contributed by atoms with van der Waals surface area (Å²) in [4.78, 5) is 0. The first-order valence-corrected chi connectivity index (χ1v) is 6.29. The molecule has 2 aromatic rings. The minimum absolute atomic E-state index is 0. The molecule has 0 saturated heterocycles. The molecular weight excluding hydrogens is 331 g/mol. The lowest BCUT2D eigenvalue weighted by Crippen LogP contribution is -2.21. The van der Waals surface area contributed by atoms with Gasteiger partial charge >= 0.3 is 6.18 Å². The van der Waals surface area contributed by atoms with Crippen molar-refractivity contribution in [2.75, 3.05) is 0 Å². The molecule has 1 aromatic heterocycles. The number of hydrogen-bond acceptors (Lipinski definition) is 2. The van der Waals surface area contributed by atoms with Crippen LogP contribution in [0.5, 0.6) is 0 Å². The van der Waals surface area contributed by atoms with E-state index in [9.17, 15) is 13.2 Å². The van der Waals surface area contributed by atoms with E-state index in [2.05, 4.69) is 10.2 Å². The van der Waals surface area contributed by atoms with Gasteiger partial charge in [-0.2, -0.15) is 18.3 Å². The third-order valence-electron chi connectivity index (χ3n) is 2.84. The number of alkyl halides is 3. The number of aromatic nitrogens is 1. The molecule has 0 saturated carbocycles. The smallest absolute Gasteiger partial charge is 0.369 e. The highest BCUT2D eigenvalue weighted by Crippen LogP contribution is 2.29. The average molecular weight is 346 g/mol. The van der Waals surface area contributed by atoms with Crippen LogP contribution < -0.4 is 11.5 Å². The number of benzene rings is 1. The van der Waals surface area contributed by atoms with E-state index < -0.39 is 11.7 Å². The van der Waals surface area contributed by atoms with Gasteiger partial charge in [-0.3, -0.25) is 0 Å². The highest BCUT2D eigenvalue weighted by molar-refractivity contribution is 5.85. The number of rotatable bonds is 4. The molecule has 0 aliphatic carbocycles. The number of nitrogens with zero attached hydrogens (tertiary/aromatic N) is 3. The molecule has 0 aliphatic rings. The van der Waals surface area contributed by atoms with Crippen molar-refractivity contribution < 1.29 is 13.2 Å². The zero-order chi connectivity index (χ0) is 16.2. The summed E-state index contributed by atoms with van der Waals surface area (Å²) < 4.78 is 39.8. The first kappa shape index (κ1) is 18.6. The Labute approximate surface area is 136 Å². The predicted molar refractivity (Wildman–Crippen MR) is 85.6 cm³/mol. The molecule has 23 heavy (non-hydrogen) atoms. The van der Waals surface area contributed by atoms with Crippen molar-refractivity contribution in [2.24, 2.45) is 21.7 Å². The quantitative estimate of drug-likeness (QED) is 0.507. The van der Waals surface area contributed by atoms with Gasteiger partial charge < -0.3 is 16.0 Å². The highest BCUT2D eigenvalue weighted by Gasteiger charge is 2.30. The molecule has 0 aliphatic heterocycles. The zero-order valence-corrected chi connectivity index (χ0v) is 12.7. The number of halogens is 4. The van der Waals surface area contributed by atoms with E-state index in [1.165, 1.54) is 12.3 Å². The summed E-state index contributed by atoms with van der Waals surface area (Å²) in [5, 5.41) is 7.16. The van der Waals surface area contributed by atoms with Crippen LogP contribution in [-0.2, 0) is 12.7 Å². The van der Waals surface area contributed by atoms with Gasteiger partial charge in [-0.1, -0.05) is 12.1 Å². The topological polar surface area (TPSA) is 81.7 Å². The number of guanidine groups is 1. The second kappa shape index (κ2) is 7.68. The van der Waals surface area contributed by atoms with Crippen molar-refractivity contribution in [3.05, 3.63) is 59.4 Å². The van der Waals surface area contributed by atoms with Crippen LogP contribution in [0.4, 0.5) is 13.2 Å². The lowest BCUT2D eigenvalue weighted by molar-refractivity contribution is -0.137. The normalized spacial score (nSPS) is 11.3. The summed E-state index contributed by atoms with van der Waals surface area (Å²) in [5.41, 5.74) is 10.8. The van der Waals surface area contributed by atoms with Crippen LogP contribution in [0.25, 0.3) is 0 Å². The van der Waals surface area contributed by atoms with E-state index in [0.717, 1.165) is 12.1 Å². The Morgan fingerprint density at radius 1 is 1.17 bits per heavy atom. The van der Waals surface area contributed by atoms with E-state index in [-0.39, 0.29) is 24.9 Å². The average Bonchev–Trinajstić information content (AvgIpc) is 2.85. The summed E-state index contributed by atoms with van der Waals surface area (Å²) in [5.74, 6) is -0.174. The Morgan fingerprint density at radius 2 is 1.91 bits per heavy atom. The molecule has 9 heteroatoms. The lowest BCUT2D eigenvalue weighted by Gasteiger charge is -2.10. The second-order valence-electron chi connectivity index (χ2n) is 4.53. The van der Waals surface area contributed by atoms with Crippen LogP contribution in [-0.4, -0.2) is 16.7 Å². The summed E-state index contributed by atoms with van der Waals surface area (Å²) in [6.07, 6.45) is -1.20. The van der Waals surface area contributed by atoms with Gasteiger partial charge in [-0.25, -0.2) is 0 Å². The maximum absolute atomic E-state index is 12.7. The van der Waals surface area contributed by atoms with E-state index >= 15 is 0 Å². The van der Waals surface area contributed by atoms with Crippen LogP contribution in [0.3, 0.4) is 0 Å². The summed E-state index contributed by atoms with van der Waals surface area (Å²) in [6.45, 7) is 0.278. The van der Waals surface area contributed by atoms with E-state index in [0.29, 0.717) is 11.3 Å². The summed E-state index contributed by atoms with van der Waals surface area (Å²) in [6, 6.07) is 8.68. The largest absolute Gasteiger partial charge is 0.416 e. The molecule has 5 nitrogen and oxygen atoms in total. The van der Waals surface area contributed by atoms with Gasteiger partial charge in [-0.05, 0) is 29.8 Å². The highest BCUT2D eigenvalue weighted by atomic mass is 35.5. The van der Waals surface area contributed by atoms with Crippen molar-refractivity contribution >= 4 is 24.6 Å². The summed E-state index contributed by atoms with van der Waals surface area (Å²) >= 11 is 0. The Balaban J connectivity index is 0.00000264. The third kappa shape index (κ3) is 5.33.